The lowest BCUT2D eigenvalue weighted by Gasteiger charge is -2.13. The van der Waals surface area contributed by atoms with Crippen molar-refractivity contribution in [3.63, 3.8) is 0 Å². The number of rotatable bonds is 3. The monoisotopic (exact) mass is 498 g/mol. The van der Waals surface area contributed by atoms with E-state index < -0.39 is 0 Å². The van der Waals surface area contributed by atoms with Gasteiger partial charge in [0.15, 0.2) is 0 Å². The van der Waals surface area contributed by atoms with Gasteiger partial charge in [0.2, 0.25) is 0 Å². The molecule has 5 heteroatoms. The van der Waals surface area contributed by atoms with Crippen LogP contribution in [0.2, 0.25) is 5.02 Å². The molecule has 0 atom stereocenters. The van der Waals surface area contributed by atoms with Crippen LogP contribution in [0.5, 0.6) is 0 Å². The normalized spacial score (nSPS) is 11.4. The number of aromatic nitrogens is 2. The molecule has 138 valence electrons. The van der Waals surface area contributed by atoms with E-state index in [2.05, 4.69) is 35.6 Å². The Morgan fingerprint density at radius 1 is 1.00 bits per heavy atom. The van der Waals surface area contributed by atoms with E-state index >= 15 is 0 Å². The fraction of sp³-hybridized carbons (Fsp3) is 0.0435. The minimum Gasteiger partial charge on any atom is -0.268 e. The van der Waals surface area contributed by atoms with Crippen molar-refractivity contribution in [3.05, 3.63) is 103 Å². The van der Waals surface area contributed by atoms with E-state index in [9.17, 15) is 4.79 Å². The molecule has 0 aliphatic heterocycles. The van der Waals surface area contributed by atoms with E-state index in [4.69, 9.17) is 16.6 Å². The van der Waals surface area contributed by atoms with Crippen LogP contribution in [0, 0.1) is 10.5 Å². The summed E-state index contributed by atoms with van der Waals surface area (Å²) in [6, 6.07) is 21.1. The van der Waals surface area contributed by atoms with Gasteiger partial charge in [-0.3, -0.25) is 9.36 Å². The topological polar surface area (TPSA) is 34.9 Å². The molecule has 1 aromatic heterocycles. The molecule has 0 saturated carbocycles. The van der Waals surface area contributed by atoms with Crippen molar-refractivity contribution >= 4 is 57.2 Å². The Morgan fingerprint density at radius 2 is 1.75 bits per heavy atom. The van der Waals surface area contributed by atoms with E-state index in [0.717, 1.165) is 14.7 Å². The molecule has 3 nitrogen and oxygen atoms in total. The van der Waals surface area contributed by atoms with Crippen molar-refractivity contribution in [2.45, 2.75) is 6.92 Å². The Labute approximate surface area is 181 Å². The highest BCUT2D eigenvalue weighted by atomic mass is 127. The maximum absolute atomic E-state index is 13.4. The molecule has 4 aromatic rings. The Hall–Kier alpha value is -2.44. The Balaban J connectivity index is 2.00. The van der Waals surface area contributed by atoms with Crippen molar-refractivity contribution in [1.29, 1.82) is 0 Å². The first-order chi connectivity index (χ1) is 13.5. The van der Waals surface area contributed by atoms with Gasteiger partial charge in [-0.25, -0.2) is 4.98 Å². The lowest BCUT2D eigenvalue weighted by atomic mass is 10.1. The number of halogens is 2. The van der Waals surface area contributed by atoms with Gasteiger partial charge < -0.3 is 0 Å². The molecule has 0 fully saturated rings. The van der Waals surface area contributed by atoms with Gasteiger partial charge in [0.1, 0.15) is 5.82 Å². The van der Waals surface area contributed by atoms with Crippen molar-refractivity contribution in [1.82, 2.24) is 9.55 Å². The molecular weight excluding hydrogens is 483 g/mol. The number of nitrogens with zero attached hydrogens (tertiary/aromatic N) is 2. The molecule has 0 unspecified atom stereocenters. The average Bonchev–Trinajstić information content (AvgIpc) is 2.69. The second-order valence-electron chi connectivity index (χ2n) is 6.41. The molecule has 4 rings (SSSR count). The minimum atomic E-state index is -0.138. The summed E-state index contributed by atoms with van der Waals surface area (Å²) < 4.78 is 2.56. The standard InChI is InChI=1S/C23H16ClIN2O/c1-15-6-2-3-7-16(15)10-13-22-26-20-12-11-17(25)14-18(20)23(28)27(22)21-9-5-4-8-19(21)24/h2-14H,1H3. The Morgan fingerprint density at radius 3 is 2.54 bits per heavy atom. The maximum atomic E-state index is 13.4. The number of hydrogen-bond donors (Lipinski definition) is 0. The molecule has 0 amide bonds. The highest BCUT2D eigenvalue weighted by molar-refractivity contribution is 14.1. The zero-order valence-electron chi connectivity index (χ0n) is 15.1. The van der Waals surface area contributed by atoms with E-state index in [0.29, 0.717) is 27.4 Å². The van der Waals surface area contributed by atoms with E-state index in [-0.39, 0.29) is 5.56 Å². The Kier molecular flexibility index (Phi) is 5.33. The number of para-hydroxylation sites is 1. The zero-order chi connectivity index (χ0) is 19.7. The number of hydrogen-bond acceptors (Lipinski definition) is 2. The van der Waals surface area contributed by atoms with Crippen molar-refractivity contribution in [3.8, 4) is 5.69 Å². The summed E-state index contributed by atoms with van der Waals surface area (Å²) in [4.78, 5) is 18.1. The van der Waals surface area contributed by atoms with Crippen LogP contribution in [-0.2, 0) is 0 Å². The molecule has 0 aliphatic rings. The predicted molar refractivity (Wildman–Crippen MR) is 125 cm³/mol. The van der Waals surface area contributed by atoms with Gasteiger partial charge in [-0.2, -0.15) is 0 Å². The van der Waals surface area contributed by atoms with Crippen LogP contribution in [0.25, 0.3) is 28.7 Å². The van der Waals surface area contributed by atoms with E-state index in [1.165, 1.54) is 0 Å². The van der Waals surface area contributed by atoms with Crippen LogP contribution in [0.1, 0.15) is 17.0 Å². The number of benzene rings is 3. The average molecular weight is 499 g/mol. The lowest BCUT2D eigenvalue weighted by Crippen LogP contribution is -2.22. The van der Waals surface area contributed by atoms with Gasteiger partial charge in [-0.15, -0.1) is 0 Å². The fourth-order valence-corrected chi connectivity index (χ4v) is 3.80. The first kappa shape index (κ1) is 18.9. The van der Waals surface area contributed by atoms with Crippen LogP contribution < -0.4 is 5.56 Å². The molecule has 3 aromatic carbocycles. The van der Waals surface area contributed by atoms with Crippen LogP contribution in [-0.4, -0.2) is 9.55 Å². The van der Waals surface area contributed by atoms with Crippen LogP contribution >= 0.6 is 34.2 Å². The fourth-order valence-electron chi connectivity index (χ4n) is 3.09. The quantitative estimate of drug-likeness (QED) is 0.319. The van der Waals surface area contributed by atoms with Crippen molar-refractivity contribution in [2.75, 3.05) is 0 Å². The van der Waals surface area contributed by atoms with E-state index in [1.54, 1.807) is 10.6 Å². The van der Waals surface area contributed by atoms with Crippen molar-refractivity contribution in [2.24, 2.45) is 0 Å². The summed E-state index contributed by atoms with van der Waals surface area (Å²) in [6.07, 6.45) is 3.84. The van der Waals surface area contributed by atoms with Gasteiger partial charge in [0, 0.05) is 3.57 Å². The molecule has 28 heavy (non-hydrogen) atoms. The summed E-state index contributed by atoms with van der Waals surface area (Å²) in [6.45, 7) is 2.05. The summed E-state index contributed by atoms with van der Waals surface area (Å²) in [7, 11) is 0. The van der Waals surface area contributed by atoms with E-state index in [1.807, 2.05) is 66.7 Å². The third kappa shape index (κ3) is 3.62. The van der Waals surface area contributed by atoms with Gasteiger partial charge >= 0.3 is 0 Å². The molecule has 0 N–H and O–H groups in total. The first-order valence-corrected chi connectivity index (χ1v) is 10.2. The van der Waals surface area contributed by atoms with Crippen LogP contribution in [0.4, 0.5) is 0 Å². The molecular formula is C23H16ClIN2O. The zero-order valence-corrected chi connectivity index (χ0v) is 18.0. The summed E-state index contributed by atoms with van der Waals surface area (Å²) >= 11 is 8.61. The van der Waals surface area contributed by atoms with Gasteiger partial charge in [0.25, 0.3) is 5.56 Å². The summed E-state index contributed by atoms with van der Waals surface area (Å²) in [5, 5.41) is 1.07. The van der Waals surface area contributed by atoms with Crippen LogP contribution in [0.15, 0.2) is 71.5 Å². The second-order valence-corrected chi connectivity index (χ2v) is 8.07. The third-order valence-electron chi connectivity index (χ3n) is 4.55. The number of fused-ring (bicyclic) bond motifs is 1. The molecule has 0 bridgehead atoms. The molecule has 1 heterocycles. The highest BCUT2D eigenvalue weighted by Crippen LogP contribution is 2.23. The van der Waals surface area contributed by atoms with Crippen LogP contribution in [0.3, 0.4) is 0 Å². The minimum absolute atomic E-state index is 0.138. The molecule has 0 saturated heterocycles. The predicted octanol–water partition coefficient (Wildman–Crippen LogP) is 6.12. The summed E-state index contributed by atoms with van der Waals surface area (Å²) in [5.74, 6) is 0.537. The smallest absolute Gasteiger partial charge is 0.266 e. The highest BCUT2D eigenvalue weighted by Gasteiger charge is 2.13. The first-order valence-electron chi connectivity index (χ1n) is 8.75. The van der Waals surface area contributed by atoms with Gasteiger partial charge in [0.05, 0.1) is 21.6 Å². The summed E-state index contributed by atoms with van der Waals surface area (Å²) in [5.41, 5.74) is 3.37. The maximum Gasteiger partial charge on any atom is 0.266 e. The largest absolute Gasteiger partial charge is 0.268 e. The Bertz CT molecular complexity index is 1280. The van der Waals surface area contributed by atoms with Crippen molar-refractivity contribution < 1.29 is 0 Å². The third-order valence-corrected chi connectivity index (χ3v) is 5.54. The lowest BCUT2D eigenvalue weighted by molar-refractivity contribution is 0.944. The number of aryl methyl sites for hydroxylation is 1. The second kappa shape index (κ2) is 7.89. The van der Waals surface area contributed by atoms with Gasteiger partial charge in [-0.1, -0.05) is 54.1 Å². The molecule has 0 radical (unpaired) electrons. The SMILES string of the molecule is Cc1ccccc1C=Cc1nc2ccc(I)cc2c(=O)n1-c1ccccc1Cl. The molecule has 0 aliphatic carbocycles. The molecule has 0 spiro atoms. The van der Waals surface area contributed by atoms with Gasteiger partial charge in [-0.05, 0) is 77.0 Å².